The molecule has 2 aromatic carbocycles. The van der Waals surface area contributed by atoms with E-state index in [0.29, 0.717) is 31.0 Å². The number of nitro benzene ring substituents is 1. The number of likely N-dealkylation sites (N-methyl/N-ethyl adjacent to an activating group) is 1. The molecule has 0 aromatic heterocycles. The summed E-state index contributed by atoms with van der Waals surface area (Å²) in [4.78, 5) is 25.2. The fraction of sp³-hybridized carbons (Fsp3) is 0.375. The summed E-state index contributed by atoms with van der Waals surface area (Å²) in [5, 5.41) is 14.1. The van der Waals surface area contributed by atoms with Gasteiger partial charge in [-0.25, -0.2) is 0 Å². The zero-order valence-corrected chi connectivity index (χ0v) is 18.5. The average molecular weight is 437 g/mol. The number of anilines is 1. The Balaban J connectivity index is 1.68. The molecular formula is C24H27N3O5. The first-order valence-corrected chi connectivity index (χ1v) is 10.6. The molecule has 0 saturated carbocycles. The van der Waals surface area contributed by atoms with Gasteiger partial charge in [0, 0.05) is 36.5 Å². The van der Waals surface area contributed by atoms with Crippen LogP contribution in [0.1, 0.15) is 31.4 Å². The van der Waals surface area contributed by atoms with E-state index in [-0.39, 0.29) is 18.1 Å². The summed E-state index contributed by atoms with van der Waals surface area (Å²) in [6.45, 7) is 5.55. The van der Waals surface area contributed by atoms with Crippen LogP contribution in [0.5, 0.6) is 5.75 Å². The van der Waals surface area contributed by atoms with Crippen molar-refractivity contribution in [1.29, 1.82) is 0 Å². The Morgan fingerprint density at radius 1 is 1.25 bits per heavy atom. The summed E-state index contributed by atoms with van der Waals surface area (Å²) in [5.74, 6) is 0.300. The third-order valence-electron chi connectivity index (χ3n) is 6.28. The molecule has 1 atom stereocenters. The van der Waals surface area contributed by atoms with Crippen LogP contribution in [0, 0.1) is 10.1 Å². The van der Waals surface area contributed by atoms with Crippen molar-refractivity contribution in [3.63, 3.8) is 0 Å². The number of carbonyl (C=O) groups is 1. The predicted molar refractivity (Wildman–Crippen MR) is 122 cm³/mol. The Hall–Kier alpha value is -3.39. The lowest BCUT2D eigenvalue weighted by Gasteiger charge is -2.47. The van der Waals surface area contributed by atoms with E-state index >= 15 is 0 Å². The summed E-state index contributed by atoms with van der Waals surface area (Å²) >= 11 is 0. The number of benzene rings is 2. The number of carbonyl (C=O) groups excluding carboxylic acids is 1. The lowest BCUT2D eigenvalue weighted by atomic mass is 9.76. The normalized spacial score (nSPS) is 19.9. The van der Waals surface area contributed by atoms with Gasteiger partial charge in [-0.2, -0.15) is 0 Å². The van der Waals surface area contributed by atoms with Crippen molar-refractivity contribution >= 4 is 23.4 Å². The first-order chi connectivity index (χ1) is 15.3. The molecule has 168 valence electrons. The van der Waals surface area contributed by atoms with Crippen LogP contribution in [0.15, 0.2) is 48.5 Å². The second-order valence-corrected chi connectivity index (χ2v) is 8.48. The number of hydrogen-bond acceptors (Lipinski definition) is 7. The number of nitrogens with zero attached hydrogens (tertiary/aromatic N) is 2. The number of esters is 1. The van der Waals surface area contributed by atoms with Crippen LogP contribution in [-0.4, -0.2) is 43.4 Å². The quantitative estimate of drug-likeness (QED) is 0.306. The first kappa shape index (κ1) is 21.8. The van der Waals surface area contributed by atoms with Gasteiger partial charge < -0.3 is 19.7 Å². The lowest BCUT2D eigenvalue weighted by Crippen LogP contribution is -2.60. The molecule has 1 spiro atoms. The van der Waals surface area contributed by atoms with Crippen molar-refractivity contribution in [3.8, 4) is 5.75 Å². The van der Waals surface area contributed by atoms with Crippen molar-refractivity contribution in [3.05, 3.63) is 69.8 Å². The van der Waals surface area contributed by atoms with Gasteiger partial charge in [-0.3, -0.25) is 14.9 Å². The molecule has 32 heavy (non-hydrogen) atoms. The van der Waals surface area contributed by atoms with Gasteiger partial charge >= 0.3 is 5.97 Å². The topological polar surface area (TPSA) is 93.9 Å². The molecular weight excluding hydrogens is 410 g/mol. The molecule has 0 radical (unpaired) electrons. The molecule has 2 aromatic rings. The molecule has 1 N–H and O–H groups in total. The van der Waals surface area contributed by atoms with Gasteiger partial charge in [0.15, 0.2) is 0 Å². The first-order valence-electron chi connectivity index (χ1n) is 10.6. The summed E-state index contributed by atoms with van der Waals surface area (Å²) in [6, 6.07) is 12.7. The second-order valence-electron chi connectivity index (χ2n) is 8.48. The molecule has 2 heterocycles. The maximum absolute atomic E-state index is 12.3. The highest BCUT2D eigenvalue weighted by atomic mass is 16.6. The SMILES string of the molecule is CNCCOC(=O)CCN1c2ccccc2C(C)(C)C12C=Cc1cc([N+](=O)[O-])ccc1O2. The van der Waals surface area contributed by atoms with E-state index in [1.165, 1.54) is 12.1 Å². The monoisotopic (exact) mass is 437 g/mol. The van der Waals surface area contributed by atoms with Crippen LogP contribution in [-0.2, 0) is 14.9 Å². The molecule has 0 fully saturated rings. The second kappa shape index (κ2) is 8.27. The van der Waals surface area contributed by atoms with Crippen LogP contribution in [0.25, 0.3) is 6.08 Å². The minimum Gasteiger partial charge on any atom is -0.464 e. The van der Waals surface area contributed by atoms with Crippen LogP contribution < -0.4 is 15.0 Å². The van der Waals surface area contributed by atoms with E-state index in [9.17, 15) is 14.9 Å². The van der Waals surface area contributed by atoms with Crippen LogP contribution >= 0.6 is 0 Å². The smallest absolute Gasteiger partial charge is 0.307 e. The minimum atomic E-state index is -0.884. The number of nitro groups is 1. The molecule has 2 aliphatic rings. The fourth-order valence-corrected chi connectivity index (χ4v) is 4.53. The fourth-order valence-electron chi connectivity index (χ4n) is 4.53. The number of non-ortho nitro benzene ring substituents is 1. The van der Waals surface area contributed by atoms with Crippen LogP contribution in [0.4, 0.5) is 11.4 Å². The maximum atomic E-state index is 12.3. The van der Waals surface area contributed by atoms with Gasteiger partial charge in [0.1, 0.15) is 12.4 Å². The van der Waals surface area contributed by atoms with E-state index in [1.807, 2.05) is 30.4 Å². The Kier molecular flexibility index (Phi) is 5.64. The van der Waals surface area contributed by atoms with Gasteiger partial charge in [0.25, 0.3) is 5.69 Å². The van der Waals surface area contributed by atoms with Crippen LogP contribution in [0.2, 0.25) is 0 Å². The molecule has 4 rings (SSSR count). The Morgan fingerprint density at radius 2 is 2.03 bits per heavy atom. The highest BCUT2D eigenvalue weighted by Crippen LogP contribution is 2.55. The van der Waals surface area contributed by atoms with Gasteiger partial charge in [-0.1, -0.05) is 18.2 Å². The van der Waals surface area contributed by atoms with Gasteiger partial charge in [-0.05, 0) is 50.7 Å². The highest BCUT2D eigenvalue weighted by Gasteiger charge is 2.58. The van der Waals surface area contributed by atoms with E-state index in [2.05, 4.69) is 30.1 Å². The Labute approximate surface area is 187 Å². The molecule has 0 amide bonds. The van der Waals surface area contributed by atoms with Crippen molar-refractivity contribution in [2.24, 2.45) is 0 Å². The lowest BCUT2D eigenvalue weighted by molar-refractivity contribution is -0.384. The van der Waals surface area contributed by atoms with Crippen LogP contribution in [0.3, 0.4) is 0 Å². The molecule has 0 saturated heterocycles. The molecule has 0 bridgehead atoms. The molecule has 2 aliphatic heterocycles. The zero-order valence-electron chi connectivity index (χ0n) is 18.5. The highest BCUT2D eigenvalue weighted by molar-refractivity contribution is 5.75. The molecule has 1 unspecified atom stereocenters. The van der Waals surface area contributed by atoms with Gasteiger partial charge in [0.05, 0.1) is 16.8 Å². The van der Waals surface area contributed by atoms with Gasteiger partial charge in [-0.15, -0.1) is 0 Å². The third-order valence-corrected chi connectivity index (χ3v) is 6.28. The predicted octanol–water partition coefficient (Wildman–Crippen LogP) is 3.65. The summed E-state index contributed by atoms with van der Waals surface area (Å²) in [6.07, 6.45) is 4.03. The Morgan fingerprint density at radius 3 is 2.78 bits per heavy atom. The van der Waals surface area contributed by atoms with E-state index in [1.54, 1.807) is 13.1 Å². The van der Waals surface area contributed by atoms with E-state index in [4.69, 9.17) is 9.47 Å². The summed E-state index contributed by atoms with van der Waals surface area (Å²) in [5.41, 5.74) is 1.45. The minimum absolute atomic E-state index is 0.0167. The molecule has 8 heteroatoms. The number of nitrogens with one attached hydrogen (secondary N) is 1. The largest absolute Gasteiger partial charge is 0.464 e. The third kappa shape index (κ3) is 3.50. The van der Waals surface area contributed by atoms with E-state index < -0.39 is 16.1 Å². The average Bonchev–Trinajstić information content (AvgIpc) is 2.95. The zero-order chi connectivity index (χ0) is 22.9. The van der Waals surface area contributed by atoms with E-state index in [0.717, 1.165) is 11.3 Å². The molecule has 8 nitrogen and oxygen atoms in total. The standard InChI is InChI=1S/C24H27N3O5/c1-23(2)19-6-4-5-7-20(19)26(14-11-22(28)31-15-13-25-3)24(23)12-10-17-16-18(27(29)30)8-9-21(17)32-24/h4-10,12,16,25H,11,13-15H2,1-3H3. The van der Waals surface area contributed by atoms with Crippen molar-refractivity contribution in [2.75, 3.05) is 31.6 Å². The molecule has 0 aliphatic carbocycles. The number of rotatable bonds is 7. The number of fused-ring (bicyclic) bond motifs is 2. The number of para-hydroxylation sites is 1. The summed E-state index contributed by atoms with van der Waals surface area (Å²) in [7, 11) is 1.81. The maximum Gasteiger partial charge on any atom is 0.307 e. The van der Waals surface area contributed by atoms with Crippen molar-refractivity contribution in [2.45, 2.75) is 31.4 Å². The number of hydrogen-bond donors (Lipinski definition) is 1. The number of ether oxygens (including phenoxy) is 2. The van der Waals surface area contributed by atoms with Crippen molar-refractivity contribution in [1.82, 2.24) is 5.32 Å². The van der Waals surface area contributed by atoms with Crippen molar-refractivity contribution < 1.29 is 19.2 Å². The summed E-state index contributed by atoms with van der Waals surface area (Å²) < 4.78 is 11.9. The van der Waals surface area contributed by atoms with Gasteiger partial charge in [0.2, 0.25) is 5.72 Å². The Bertz CT molecular complexity index is 1080.